The van der Waals surface area contributed by atoms with Gasteiger partial charge in [-0.2, -0.15) is 0 Å². The van der Waals surface area contributed by atoms with Crippen molar-refractivity contribution >= 4 is 6.21 Å². The van der Waals surface area contributed by atoms with Crippen LogP contribution in [0.15, 0.2) is 16.8 Å². The van der Waals surface area contributed by atoms with Crippen LogP contribution in [-0.2, 0) is 0 Å². The molecule has 0 unspecified atom stereocenters. The number of allylic oxidation sites excluding steroid dienone is 2. The van der Waals surface area contributed by atoms with Crippen molar-refractivity contribution in [2.75, 3.05) is 0 Å². The molecule has 1 heterocycles. The Hall–Kier alpha value is -0.590. The molecule has 1 aliphatic heterocycles. The monoisotopic (exact) mass is 217 g/mol. The van der Waals surface area contributed by atoms with Crippen LogP contribution in [0.25, 0.3) is 0 Å². The molecule has 3 rings (SSSR count). The van der Waals surface area contributed by atoms with Gasteiger partial charge in [0.1, 0.15) is 0 Å². The quantitative estimate of drug-likeness (QED) is 0.614. The summed E-state index contributed by atoms with van der Waals surface area (Å²) in [7, 11) is 0. The molecule has 0 aromatic heterocycles. The number of rotatable bonds is 1. The third kappa shape index (κ3) is 1.97. The van der Waals surface area contributed by atoms with E-state index < -0.39 is 0 Å². The van der Waals surface area contributed by atoms with Crippen molar-refractivity contribution in [2.45, 2.75) is 64.2 Å². The molecule has 1 spiro atoms. The summed E-state index contributed by atoms with van der Waals surface area (Å²) in [6, 6.07) is 0. The summed E-state index contributed by atoms with van der Waals surface area (Å²) in [5, 5.41) is 0. The summed E-state index contributed by atoms with van der Waals surface area (Å²) in [4.78, 5) is 4.53. The van der Waals surface area contributed by atoms with Gasteiger partial charge >= 0.3 is 0 Å². The van der Waals surface area contributed by atoms with Gasteiger partial charge in [-0.3, -0.25) is 4.99 Å². The molecule has 1 nitrogen and oxygen atoms in total. The predicted molar refractivity (Wildman–Crippen MR) is 68.7 cm³/mol. The van der Waals surface area contributed by atoms with Crippen molar-refractivity contribution in [2.24, 2.45) is 16.3 Å². The van der Waals surface area contributed by atoms with Crippen LogP contribution in [-0.4, -0.2) is 6.21 Å². The van der Waals surface area contributed by atoms with Gasteiger partial charge in [0.25, 0.3) is 0 Å². The Kier molecular flexibility index (Phi) is 2.87. The summed E-state index contributed by atoms with van der Waals surface area (Å²) in [6.07, 6.45) is 18.8. The summed E-state index contributed by atoms with van der Waals surface area (Å²) in [5.74, 6) is 0.798. The molecule has 3 aliphatic rings. The van der Waals surface area contributed by atoms with Gasteiger partial charge in [0, 0.05) is 24.3 Å². The van der Waals surface area contributed by atoms with Crippen LogP contribution in [0.4, 0.5) is 0 Å². The fraction of sp³-hybridized carbons (Fsp3) is 0.800. The van der Waals surface area contributed by atoms with Crippen molar-refractivity contribution in [3.8, 4) is 0 Å². The van der Waals surface area contributed by atoms with Crippen LogP contribution in [0, 0.1) is 11.3 Å². The minimum atomic E-state index is 0.762. The number of aliphatic imine (C=N–C) groups is 1. The summed E-state index contributed by atoms with van der Waals surface area (Å²) in [5.41, 5.74) is 2.17. The Labute approximate surface area is 99.0 Å². The highest BCUT2D eigenvalue weighted by molar-refractivity contribution is 5.64. The highest BCUT2D eigenvalue weighted by atomic mass is 14.8. The summed E-state index contributed by atoms with van der Waals surface area (Å²) < 4.78 is 0. The van der Waals surface area contributed by atoms with Gasteiger partial charge in [-0.05, 0) is 43.9 Å². The highest BCUT2D eigenvalue weighted by Crippen LogP contribution is 2.50. The summed E-state index contributed by atoms with van der Waals surface area (Å²) in [6.45, 7) is 0. The molecule has 0 bridgehead atoms. The molecule has 0 aromatic rings. The molecule has 2 aliphatic carbocycles. The van der Waals surface area contributed by atoms with Gasteiger partial charge in [-0.15, -0.1) is 0 Å². The molecule has 0 atom stereocenters. The van der Waals surface area contributed by atoms with Crippen molar-refractivity contribution in [3.05, 3.63) is 11.8 Å². The molecular formula is C15H23N. The third-order valence-corrected chi connectivity index (χ3v) is 5.05. The maximum absolute atomic E-state index is 4.53. The van der Waals surface area contributed by atoms with E-state index in [-0.39, 0.29) is 0 Å². The van der Waals surface area contributed by atoms with E-state index >= 15 is 0 Å². The average Bonchev–Trinajstić information content (AvgIpc) is 2.85. The lowest BCUT2D eigenvalue weighted by Crippen LogP contribution is -2.30. The van der Waals surface area contributed by atoms with Crippen molar-refractivity contribution < 1.29 is 0 Å². The molecule has 1 heteroatoms. The lowest BCUT2D eigenvalue weighted by atomic mass is 9.63. The van der Waals surface area contributed by atoms with Crippen molar-refractivity contribution in [3.63, 3.8) is 0 Å². The fourth-order valence-corrected chi connectivity index (χ4v) is 3.98. The van der Waals surface area contributed by atoms with Gasteiger partial charge in [0.15, 0.2) is 0 Å². The molecule has 0 saturated heterocycles. The predicted octanol–water partition coefficient (Wildman–Crippen LogP) is 4.49. The molecule has 16 heavy (non-hydrogen) atoms. The topological polar surface area (TPSA) is 12.4 Å². The van der Waals surface area contributed by atoms with Crippen LogP contribution >= 0.6 is 0 Å². The second-order valence-corrected chi connectivity index (χ2v) is 6.01. The van der Waals surface area contributed by atoms with E-state index in [4.69, 9.17) is 0 Å². The lowest BCUT2D eigenvalue weighted by Gasteiger charge is -2.43. The zero-order valence-corrected chi connectivity index (χ0v) is 10.3. The Morgan fingerprint density at radius 3 is 2.38 bits per heavy atom. The van der Waals surface area contributed by atoms with Crippen LogP contribution in [0.3, 0.4) is 0 Å². The average molecular weight is 217 g/mol. The molecule has 0 radical (unpaired) electrons. The highest BCUT2D eigenvalue weighted by Gasteiger charge is 2.36. The van der Waals surface area contributed by atoms with E-state index in [0.29, 0.717) is 0 Å². The SMILES string of the molecule is C1=NC(C2CCC3(CCCCC3)CC2)=CC1. The van der Waals surface area contributed by atoms with Gasteiger partial charge in [0.05, 0.1) is 0 Å². The van der Waals surface area contributed by atoms with Crippen LogP contribution in [0.1, 0.15) is 64.2 Å². The number of nitrogens with zero attached hydrogens (tertiary/aromatic N) is 1. The maximum Gasteiger partial charge on any atom is 0.0394 e. The molecule has 0 N–H and O–H groups in total. The minimum Gasteiger partial charge on any atom is -0.265 e. The van der Waals surface area contributed by atoms with Crippen LogP contribution in [0.2, 0.25) is 0 Å². The molecule has 0 amide bonds. The zero-order valence-electron chi connectivity index (χ0n) is 10.3. The first kappa shape index (κ1) is 10.6. The molecular weight excluding hydrogens is 194 g/mol. The van der Waals surface area contributed by atoms with E-state index in [1.807, 2.05) is 0 Å². The third-order valence-electron chi connectivity index (χ3n) is 5.05. The Balaban J connectivity index is 1.60. The Bertz CT molecular complexity index is 297. The number of hydrogen-bond acceptors (Lipinski definition) is 1. The van der Waals surface area contributed by atoms with Gasteiger partial charge in [0.2, 0.25) is 0 Å². The lowest BCUT2D eigenvalue weighted by molar-refractivity contribution is 0.105. The van der Waals surface area contributed by atoms with E-state index in [0.717, 1.165) is 17.8 Å². The smallest absolute Gasteiger partial charge is 0.0394 e. The van der Waals surface area contributed by atoms with Crippen LogP contribution in [0.5, 0.6) is 0 Å². The minimum absolute atomic E-state index is 0.762. The maximum atomic E-state index is 4.53. The first-order valence-corrected chi connectivity index (χ1v) is 7.11. The Morgan fingerprint density at radius 1 is 1.00 bits per heavy atom. The van der Waals surface area contributed by atoms with Crippen LogP contribution < -0.4 is 0 Å². The standard InChI is InChI=1S/C15H23N/c1-2-8-15(9-3-1)10-6-13(7-11-15)14-5-4-12-16-14/h5,12-13H,1-4,6-11H2. The second-order valence-electron chi connectivity index (χ2n) is 6.01. The molecule has 88 valence electrons. The normalized spacial score (nSPS) is 29.6. The van der Waals surface area contributed by atoms with Gasteiger partial charge in [-0.25, -0.2) is 0 Å². The van der Waals surface area contributed by atoms with E-state index in [9.17, 15) is 0 Å². The first-order valence-electron chi connectivity index (χ1n) is 7.11. The second kappa shape index (κ2) is 4.35. The van der Waals surface area contributed by atoms with E-state index in [1.165, 1.54) is 63.5 Å². The molecule has 2 saturated carbocycles. The van der Waals surface area contributed by atoms with Crippen molar-refractivity contribution in [1.29, 1.82) is 0 Å². The summed E-state index contributed by atoms with van der Waals surface area (Å²) >= 11 is 0. The largest absolute Gasteiger partial charge is 0.265 e. The Morgan fingerprint density at radius 2 is 1.75 bits per heavy atom. The first-order chi connectivity index (χ1) is 7.88. The number of hydrogen-bond donors (Lipinski definition) is 0. The van der Waals surface area contributed by atoms with Gasteiger partial charge < -0.3 is 0 Å². The molecule has 0 aromatic carbocycles. The fourth-order valence-electron chi connectivity index (χ4n) is 3.98. The van der Waals surface area contributed by atoms with Gasteiger partial charge in [-0.1, -0.05) is 25.3 Å². The van der Waals surface area contributed by atoms with Crippen molar-refractivity contribution in [1.82, 2.24) is 0 Å². The van der Waals surface area contributed by atoms with E-state index in [2.05, 4.69) is 17.3 Å². The zero-order chi connectivity index (χ0) is 10.8. The van der Waals surface area contributed by atoms with E-state index in [1.54, 1.807) is 0 Å². The molecule has 2 fully saturated rings.